The van der Waals surface area contributed by atoms with Crippen LogP contribution >= 0.6 is 0 Å². The van der Waals surface area contributed by atoms with Gasteiger partial charge in [0.15, 0.2) is 0 Å². The van der Waals surface area contributed by atoms with Crippen LogP contribution in [-0.4, -0.2) is 19.8 Å². The number of nitrogens with zero attached hydrogens (tertiary/aromatic N) is 1. The fraction of sp³-hybridized carbons (Fsp3) is 0.364. The Labute approximate surface area is 89.7 Å². The molecule has 4 nitrogen and oxygen atoms in total. The fourth-order valence-electron chi connectivity index (χ4n) is 1.12. The smallest absolute Gasteiger partial charge is 0.0992 e. The number of benzene rings is 1. The van der Waals surface area contributed by atoms with E-state index in [4.69, 9.17) is 15.7 Å². The van der Waals surface area contributed by atoms with Crippen LogP contribution in [-0.2, 0) is 4.74 Å². The van der Waals surface area contributed by atoms with Gasteiger partial charge in [0.25, 0.3) is 0 Å². The first-order valence-electron chi connectivity index (χ1n) is 4.73. The highest BCUT2D eigenvalue weighted by Gasteiger charge is 2.03. The quantitative estimate of drug-likeness (QED) is 0.732. The predicted octanol–water partition coefficient (Wildman–Crippen LogP) is 1.59. The summed E-state index contributed by atoms with van der Waals surface area (Å²) in [6.45, 7) is 2.62. The molecule has 0 bridgehead atoms. The molecule has 0 saturated heterocycles. The Morgan fingerprint density at radius 2 is 2.33 bits per heavy atom. The molecule has 0 fully saturated rings. The molecule has 3 N–H and O–H groups in total. The van der Waals surface area contributed by atoms with Crippen molar-refractivity contribution in [2.75, 3.05) is 24.7 Å². The monoisotopic (exact) mass is 205 g/mol. The minimum absolute atomic E-state index is 0.107. The molecule has 4 heteroatoms. The lowest BCUT2D eigenvalue weighted by atomic mass is 10.2. The van der Waals surface area contributed by atoms with Crippen LogP contribution in [0.1, 0.15) is 12.5 Å². The molecule has 1 unspecified atom stereocenters. The van der Waals surface area contributed by atoms with Crippen molar-refractivity contribution < 1.29 is 4.74 Å². The zero-order valence-corrected chi connectivity index (χ0v) is 8.95. The van der Waals surface area contributed by atoms with Gasteiger partial charge in [-0.2, -0.15) is 5.26 Å². The summed E-state index contributed by atoms with van der Waals surface area (Å²) < 4.78 is 5.10. The van der Waals surface area contributed by atoms with Gasteiger partial charge in [-0.25, -0.2) is 0 Å². The van der Waals surface area contributed by atoms with Gasteiger partial charge in [-0.1, -0.05) is 0 Å². The number of anilines is 2. The molecule has 0 aliphatic heterocycles. The summed E-state index contributed by atoms with van der Waals surface area (Å²) in [4.78, 5) is 0. The van der Waals surface area contributed by atoms with Gasteiger partial charge in [0.05, 0.1) is 29.1 Å². The molecule has 1 atom stereocenters. The molecular formula is C11H15N3O. The van der Waals surface area contributed by atoms with E-state index in [-0.39, 0.29) is 6.10 Å². The maximum atomic E-state index is 8.73. The second-order valence-corrected chi connectivity index (χ2v) is 3.34. The minimum Gasteiger partial charge on any atom is -0.397 e. The molecule has 1 rings (SSSR count). The first-order chi connectivity index (χ1) is 7.17. The highest BCUT2D eigenvalue weighted by atomic mass is 16.5. The molecule has 15 heavy (non-hydrogen) atoms. The summed E-state index contributed by atoms with van der Waals surface area (Å²) in [7, 11) is 1.65. The SMILES string of the molecule is COC(C)CNc1cc(C#N)ccc1N. The summed E-state index contributed by atoms with van der Waals surface area (Å²) >= 11 is 0. The first kappa shape index (κ1) is 11.3. The van der Waals surface area contributed by atoms with Gasteiger partial charge in [-0.05, 0) is 25.1 Å². The second kappa shape index (κ2) is 5.23. The number of ether oxygens (including phenoxy) is 1. The van der Waals surface area contributed by atoms with E-state index in [1.165, 1.54) is 0 Å². The lowest BCUT2D eigenvalue weighted by Gasteiger charge is -2.13. The maximum Gasteiger partial charge on any atom is 0.0992 e. The lowest BCUT2D eigenvalue weighted by molar-refractivity contribution is 0.129. The van der Waals surface area contributed by atoms with Gasteiger partial charge >= 0.3 is 0 Å². The zero-order chi connectivity index (χ0) is 11.3. The number of nitrogen functional groups attached to an aromatic ring is 1. The Bertz CT molecular complexity index is 371. The van der Waals surface area contributed by atoms with E-state index in [1.54, 1.807) is 25.3 Å². The van der Waals surface area contributed by atoms with Crippen molar-refractivity contribution in [3.8, 4) is 6.07 Å². The van der Waals surface area contributed by atoms with Crippen LogP contribution in [0.2, 0.25) is 0 Å². The Hall–Kier alpha value is -1.73. The molecular weight excluding hydrogens is 190 g/mol. The van der Waals surface area contributed by atoms with E-state index in [2.05, 4.69) is 11.4 Å². The maximum absolute atomic E-state index is 8.73. The third-order valence-corrected chi connectivity index (χ3v) is 2.16. The standard InChI is InChI=1S/C11H15N3O/c1-8(15-2)7-14-11-5-9(6-12)3-4-10(11)13/h3-5,8,14H,7,13H2,1-2H3. The van der Waals surface area contributed by atoms with Crippen molar-refractivity contribution in [2.45, 2.75) is 13.0 Å². The number of methoxy groups -OCH3 is 1. The topological polar surface area (TPSA) is 71.1 Å². The molecule has 1 aromatic rings. The van der Waals surface area contributed by atoms with E-state index in [0.29, 0.717) is 17.8 Å². The van der Waals surface area contributed by atoms with Gasteiger partial charge in [-0.15, -0.1) is 0 Å². The lowest BCUT2D eigenvalue weighted by Crippen LogP contribution is -2.18. The highest BCUT2D eigenvalue weighted by molar-refractivity contribution is 5.68. The minimum atomic E-state index is 0.107. The third kappa shape index (κ3) is 3.15. The summed E-state index contributed by atoms with van der Waals surface area (Å²) in [5.41, 5.74) is 7.77. The number of nitrogens with two attached hydrogens (primary N) is 1. The molecule has 0 heterocycles. The third-order valence-electron chi connectivity index (χ3n) is 2.16. The Morgan fingerprint density at radius 3 is 2.93 bits per heavy atom. The van der Waals surface area contributed by atoms with Crippen molar-refractivity contribution in [2.24, 2.45) is 0 Å². The van der Waals surface area contributed by atoms with Crippen LogP contribution in [0.4, 0.5) is 11.4 Å². The first-order valence-corrected chi connectivity index (χ1v) is 4.73. The van der Waals surface area contributed by atoms with E-state index >= 15 is 0 Å². The molecule has 0 amide bonds. The largest absolute Gasteiger partial charge is 0.397 e. The predicted molar refractivity (Wildman–Crippen MR) is 60.5 cm³/mol. The Balaban J connectivity index is 2.72. The van der Waals surface area contributed by atoms with Crippen molar-refractivity contribution in [3.05, 3.63) is 23.8 Å². The zero-order valence-electron chi connectivity index (χ0n) is 8.95. The molecule has 80 valence electrons. The second-order valence-electron chi connectivity index (χ2n) is 3.34. The van der Waals surface area contributed by atoms with Crippen LogP contribution in [0.3, 0.4) is 0 Å². The summed E-state index contributed by atoms with van der Waals surface area (Å²) in [5, 5.41) is 11.9. The van der Waals surface area contributed by atoms with Crippen LogP contribution in [0.25, 0.3) is 0 Å². The van der Waals surface area contributed by atoms with Crippen molar-refractivity contribution in [1.29, 1.82) is 5.26 Å². The van der Waals surface area contributed by atoms with Crippen LogP contribution in [0.5, 0.6) is 0 Å². The highest BCUT2D eigenvalue weighted by Crippen LogP contribution is 2.19. The van der Waals surface area contributed by atoms with Crippen LogP contribution in [0, 0.1) is 11.3 Å². The van der Waals surface area contributed by atoms with Gasteiger partial charge in [0.2, 0.25) is 0 Å². The number of nitriles is 1. The van der Waals surface area contributed by atoms with Gasteiger partial charge in [0, 0.05) is 13.7 Å². The van der Waals surface area contributed by atoms with Gasteiger partial charge in [-0.3, -0.25) is 0 Å². The average molecular weight is 205 g/mol. The Morgan fingerprint density at radius 1 is 1.60 bits per heavy atom. The van der Waals surface area contributed by atoms with E-state index < -0.39 is 0 Å². The molecule has 0 aromatic heterocycles. The van der Waals surface area contributed by atoms with Gasteiger partial charge < -0.3 is 15.8 Å². The molecule has 0 aliphatic rings. The Kier molecular flexibility index (Phi) is 3.95. The number of rotatable bonds is 4. The van der Waals surface area contributed by atoms with Crippen molar-refractivity contribution >= 4 is 11.4 Å². The van der Waals surface area contributed by atoms with Crippen molar-refractivity contribution in [3.63, 3.8) is 0 Å². The summed E-state index contributed by atoms with van der Waals surface area (Å²) in [6, 6.07) is 7.22. The van der Waals surface area contributed by atoms with Crippen LogP contribution < -0.4 is 11.1 Å². The van der Waals surface area contributed by atoms with Gasteiger partial charge in [0.1, 0.15) is 0 Å². The number of hydrogen-bond acceptors (Lipinski definition) is 4. The molecule has 1 aromatic carbocycles. The molecule has 0 radical (unpaired) electrons. The van der Waals surface area contributed by atoms with E-state index in [0.717, 1.165) is 5.69 Å². The number of hydrogen-bond donors (Lipinski definition) is 2. The fourth-order valence-corrected chi connectivity index (χ4v) is 1.12. The summed E-state index contributed by atoms with van der Waals surface area (Å²) in [6.07, 6.45) is 0.107. The average Bonchev–Trinajstić information content (AvgIpc) is 2.27. The molecule has 0 saturated carbocycles. The molecule has 0 spiro atoms. The van der Waals surface area contributed by atoms with E-state index in [9.17, 15) is 0 Å². The molecule has 0 aliphatic carbocycles. The normalized spacial score (nSPS) is 11.8. The van der Waals surface area contributed by atoms with Crippen molar-refractivity contribution in [1.82, 2.24) is 0 Å². The van der Waals surface area contributed by atoms with E-state index in [1.807, 2.05) is 6.92 Å². The number of nitrogens with one attached hydrogen (secondary N) is 1. The van der Waals surface area contributed by atoms with Crippen LogP contribution in [0.15, 0.2) is 18.2 Å². The summed E-state index contributed by atoms with van der Waals surface area (Å²) in [5.74, 6) is 0.